The molecule has 0 aromatic heterocycles. The van der Waals surface area contributed by atoms with Gasteiger partial charge < -0.3 is 20.5 Å². The van der Waals surface area contributed by atoms with E-state index < -0.39 is 5.60 Å². The van der Waals surface area contributed by atoms with Crippen LogP contribution in [0.2, 0.25) is 0 Å². The lowest BCUT2D eigenvalue weighted by Gasteiger charge is -2.37. The Labute approximate surface area is 83.8 Å². The fraction of sp³-hybridized carbons (Fsp3) is 0.889. The van der Waals surface area contributed by atoms with Gasteiger partial charge in [-0.3, -0.25) is 0 Å². The number of nitrogens with two attached hydrogens (primary N) is 1. The van der Waals surface area contributed by atoms with E-state index >= 15 is 0 Å². The fourth-order valence-electron chi connectivity index (χ4n) is 1.75. The van der Waals surface area contributed by atoms with Crippen molar-refractivity contribution in [2.75, 3.05) is 26.7 Å². The molecule has 1 heterocycles. The fourth-order valence-corrected chi connectivity index (χ4v) is 1.75. The predicted octanol–water partition coefficient (Wildman–Crippen LogP) is -0.0715. The second-order valence-electron chi connectivity index (χ2n) is 3.72. The van der Waals surface area contributed by atoms with Crippen molar-refractivity contribution in [1.29, 1.82) is 0 Å². The number of hydrogen-bond acceptors (Lipinski definition) is 4. The lowest BCUT2D eigenvalue weighted by atomic mass is 9.88. The number of likely N-dealkylation sites (tertiary alicyclic amines) is 1. The van der Waals surface area contributed by atoms with Crippen molar-refractivity contribution < 1.29 is 14.6 Å². The molecule has 0 spiro atoms. The molecule has 3 N–H and O–H groups in total. The van der Waals surface area contributed by atoms with Gasteiger partial charge in [0.05, 0.1) is 12.7 Å². The molecule has 0 aromatic carbocycles. The monoisotopic (exact) mass is 202 g/mol. The number of nitrogens with zero attached hydrogens (tertiary/aromatic N) is 1. The molecule has 5 nitrogen and oxygen atoms in total. The molecule has 1 aliphatic heterocycles. The summed E-state index contributed by atoms with van der Waals surface area (Å²) in [6, 6.07) is 0. The Hall–Kier alpha value is -0.810. The number of carbonyl (C=O) groups excluding carboxylic acids is 1. The highest BCUT2D eigenvalue weighted by molar-refractivity contribution is 5.67. The normalized spacial score (nSPS) is 20.6. The van der Waals surface area contributed by atoms with Crippen molar-refractivity contribution in [2.24, 2.45) is 5.73 Å². The summed E-state index contributed by atoms with van der Waals surface area (Å²) in [6.07, 6.45) is 1.44. The number of ether oxygens (including phenoxy) is 1. The average Bonchev–Trinajstić information content (AvgIpc) is 2.18. The topological polar surface area (TPSA) is 75.8 Å². The molecule has 0 bridgehead atoms. The zero-order valence-electron chi connectivity index (χ0n) is 8.53. The van der Waals surface area contributed by atoms with Gasteiger partial charge in [0.2, 0.25) is 0 Å². The number of carbonyl (C=O) groups is 1. The Kier molecular flexibility index (Phi) is 3.71. The highest BCUT2D eigenvalue weighted by atomic mass is 16.5. The number of aliphatic hydroxyl groups is 1. The first-order valence-electron chi connectivity index (χ1n) is 4.87. The van der Waals surface area contributed by atoms with Gasteiger partial charge in [0.25, 0.3) is 0 Å². The third-order valence-corrected chi connectivity index (χ3v) is 2.74. The molecule has 1 saturated heterocycles. The van der Waals surface area contributed by atoms with Gasteiger partial charge in [-0.05, 0) is 25.8 Å². The van der Waals surface area contributed by atoms with E-state index in [0.29, 0.717) is 38.9 Å². The first-order chi connectivity index (χ1) is 6.61. The first kappa shape index (κ1) is 11.3. The predicted molar refractivity (Wildman–Crippen MR) is 51.8 cm³/mol. The Morgan fingerprint density at radius 3 is 2.57 bits per heavy atom. The van der Waals surface area contributed by atoms with Crippen molar-refractivity contribution in [1.82, 2.24) is 4.90 Å². The van der Waals surface area contributed by atoms with Crippen LogP contribution in [-0.2, 0) is 4.74 Å². The Morgan fingerprint density at radius 1 is 1.57 bits per heavy atom. The molecule has 0 atom stereocenters. The highest BCUT2D eigenvalue weighted by Crippen LogP contribution is 2.25. The minimum absolute atomic E-state index is 0.320. The maximum atomic E-state index is 11.1. The van der Waals surface area contributed by atoms with Crippen molar-refractivity contribution in [3.05, 3.63) is 0 Å². The smallest absolute Gasteiger partial charge is 0.409 e. The van der Waals surface area contributed by atoms with Crippen LogP contribution in [0.4, 0.5) is 4.79 Å². The summed E-state index contributed by atoms with van der Waals surface area (Å²) in [4.78, 5) is 12.7. The standard InChI is InChI=1S/C9H18N2O3/c1-14-8(12)11-6-3-9(13,2-5-10)4-7-11/h13H,2-7,10H2,1H3. The molecule has 5 heteroatoms. The van der Waals surface area contributed by atoms with Gasteiger partial charge in [-0.25, -0.2) is 4.79 Å². The van der Waals surface area contributed by atoms with Crippen molar-refractivity contribution in [3.8, 4) is 0 Å². The molecule has 1 amide bonds. The lowest BCUT2D eigenvalue weighted by molar-refractivity contribution is -0.0228. The van der Waals surface area contributed by atoms with Crippen molar-refractivity contribution >= 4 is 6.09 Å². The van der Waals surface area contributed by atoms with Gasteiger partial charge in [-0.15, -0.1) is 0 Å². The summed E-state index contributed by atoms with van der Waals surface area (Å²) < 4.78 is 4.60. The SMILES string of the molecule is COC(=O)N1CCC(O)(CCN)CC1. The van der Waals surface area contributed by atoms with Crippen molar-refractivity contribution in [3.63, 3.8) is 0 Å². The zero-order chi connectivity index (χ0) is 10.6. The van der Waals surface area contributed by atoms with E-state index in [0.717, 1.165) is 0 Å². The van der Waals surface area contributed by atoms with Gasteiger partial charge >= 0.3 is 6.09 Å². The molecule has 1 rings (SSSR count). The summed E-state index contributed by atoms with van der Waals surface area (Å²) in [5, 5.41) is 9.98. The molecule has 0 radical (unpaired) electrons. The number of methoxy groups -OCH3 is 1. The molecule has 14 heavy (non-hydrogen) atoms. The number of hydrogen-bond donors (Lipinski definition) is 2. The van der Waals surface area contributed by atoms with Crippen LogP contribution in [0.1, 0.15) is 19.3 Å². The second kappa shape index (κ2) is 4.61. The van der Waals surface area contributed by atoms with Crippen LogP contribution in [0.5, 0.6) is 0 Å². The van der Waals surface area contributed by atoms with Crippen LogP contribution in [0.3, 0.4) is 0 Å². The molecular weight excluding hydrogens is 184 g/mol. The highest BCUT2D eigenvalue weighted by Gasteiger charge is 2.33. The van der Waals surface area contributed by atoms with E-state index in [4.69, 9.17) is 5.73 Å². The van der Waals surface area contributed by atoms with Crippen LogP contribution in [0, 0.1) is 0 Å². The minimum atomic E-state index is -0.681. The maximum Gasteiger partial charge on any atom is 0.409 e. The van der Waals surface area contributed by atoms with Crippen LogP contribution in [0.25, 0.3) is 0 Å². The Morgan fingerprint density at radius 2 is 2.14 bits per heavy atom. The first-order valence-corrected chi connectivity index (χ1v) is 4.87. The quantitative estimate of drug-likeness (QED) is 0.657. The number of rotatable bonds is 2. The summed E-state index contributed by atoms with van der Waals surface area (Å²) in [5.74, 6) is 0. The summed E-state index contributed by atoms with van der Waals surface area (Å²) in [7, 11) is 1.36. The van der Waals surface area contributed by atoms with Crippen LogP contribution in [-0.4, -0.2) is 48.4 Å². The van der Waals surface area contributed by atoms with Gasteiger partial charge in [-0.2, -0.15) is 0 Å². The molecule has 0 saturated carbocycles. The van der Waals surface area contributed by atoms with E-state index in [1.165, 1.54) is 7.11 Å². The van der Waals surface area contributed by atoms with Crippen LogP contribution >= 0.6 is 0 Å². The summed E-state index contributed by atoms with van der Waals surface area (Å²) in [5.41, 5.74) is 4.72. The molecule has 1 aliphatic rings. The van der Waals surface area contributed by atoms with Crippen LogP contribution in [0.15, 0.2) is 0 Å². The molecule has 0 aromatic rings. The molecular formula is C9H18N2O3. The number of amides is 1. The summed E-state index contributed by atoms with van der Waals surface area (Å²) >= 11 is 0. The lowest BCUT2D eigenvalue weighted by Crippen LogP contribution is -2.47. The Bertz CT molecular complexity index is 200. The van der Waals surface area contributed by atoms with E-state index in [-0.39, 0.29) is 6.09 Å². The third-order valence-electron chi connectivity index (χ3n) is 2.74. The molecule has 0 unspecified atom stereocenters. The third kappa shape index (κ3) is 2.59. The molecule has 0 aliphatic carbocycles. The second-order valence-corrected chi connectivity index (χ2v) is 3.72. The maximum absolute atomic E-state index is 11.1. The molecule has 82 valence electrons. The number of piperidine rings is 1. The summed E-state index contributed by atoms with van der Waals surface area (Å²) in [6.45, 7) is 1.57. The van der Waals surface area contributed by atoms with E-state index in [1.807, 2.05) is 0 Å². The van der Waals surface area contributed by atoms with E-state index in [9.17, 15) is 9.90 Å². The van der Waals surface area contributed by atoms with Gasteiger partial charge in [0.15, 0.2) is 0 Å². The minimum Gasteiger partial charge on any atom is -0.453 e. The van der Waals surface area contributed by atoms with Crippen molar-refractivity contribution in [2.45, 2.75) is 24.9 Å². The molecule has 1 fully saturated rings. The van der Waals surface area contributed by atoms with Gasteiger partial charge in [0.1, 0.15) is 0 Å². The van der Waals surface area contributed by atoms with E-state index in [2.05, 4.69) is 4.74 Å². The van der Waals surface area contributed by atoms with Crippen LogP contribution < -0.4 is 5.73 Å². The van der Waals surface area contributed by atoms with Gasteiger partial charge in [0, 0.05) is 13.1 Å². The van der Waals surface area contributed by atoms with Gasteiger partial charge in [-0.1, -0.05) is 0 Å². The Balaban J connectivity index is 2.41. The largest absolute Gasteiger partial charge is 0.453 e. The average molecular weight is 202 g/mol. The van der Waals surface area contributed by atoms with E-state index in [1.54, 1.807) is 4.90 Å². The zero-order valence-corrected chi connectivity index (χ0v) is 8.53.